The predicted molar refractivity (Wildman–Crippen MR) is 101 cm³/mol. The van der Waals surface area contributed by atoms with Gasteiger partial charge in [-0.25, -0.2) is 9.78 Å². The van der Waals surface area contributed by atoms with Crippen LogP contribution in [0.4, 0.5) is 11.4 Å². The number of nitrogens with zero attached hydrogens (tertiary/aromatic N) is 5. The standard InChI is InChI=1S/C8H10N4O2.C6H5IN2O2/c1-10-4-9-6-5(10)7(13)12(3)8(14)11(6)2;7-5-2-1-4(8)3-6(5)9(10)11/h4H,1-3H3;1-3H,8H2. The minimum absolute atomic E-state index is 0.0607. The first-order valence-electron chi connectivity index (χ1n) is 6.91. The Kier molecular flexibility index (Phi) is 5.25. The predicted octanol–water partition coefficient (Wildman–Crippen LogP) is 0.752. The zero-order valence-corrected chi connectivity index (χ0v) is 15.8. The highest BCUT2D eigenvalue weighted by Gasteiger charge is 2.12. The van der Waals surface area contributed by atoms with Crippen LogP contribution in [0.15, 0.2) is 34.1 Å². The number of aryl methyl sites for hydroxylation is 2. The van der Waals surface area contributed by atoms with Gasteiger partial charge in [0.25, 0.3) is 11.2 Å². The number of halogens is 1. The van der Waals surface area contributed by atoms with E-state index >= 15 is 0 Å². The third-order valence-corrected chi connectivity index (χ3v) is 4.40. The Balaban J connectivity index is 0.000000186. The molecule has 0 saturated carbocycles. The molecule has 2 N–H and O–H groups in total. The number of nitrogens with two attached hydrogens (primary N) is 1. The van der Waals surface area contributed by atoms with Crippen LogP contribution in [-0.2, 0) is 21.1 Å². The molecular weight excluding hydrogens is 443 g/mol. The van der Waals surface area contributed by atoms with Gasteiger partial charge in [-0.05, 0) is 34.7 Å². The van der Waals surface area contributed by atoms with Crippen LogP contribution in [0.2, 0.25) is 0 Å². The van der Waals surface area contributed by atoms with Gasteiger partial charge in [-0.3, -0.25) is 24.0 Å². The molecule has 25 heavy (non-hydrogen) atoms. The summed E-state index contributed by atoms with van der Waals surface area (Å²) in [7, 11) is 4.77. The molecule has 0 spiro atoms. The normalized spacial score (nSPS) is 10.4. The lowest BCUT2D eigenvalue weighted by molar-refractivity contribution is -0.385. The second kappa shape index (κ2) is 7.04. The summed E-state index contributed by atoms with van der Waals surface area (Å²) in [6.45, 7) is 0. The van der Waals surface area contributed by atoms with E-state index in [1.165, 1.54) is 24.0 Å². The summed E-state index contributed by atoms with van der Waals surface area (Å²) in [6, 6.07) is 4.60. The maximum Gasteiger partial charge on any atom is 0.332 e. The van der Waals surface area contributed by atoms with Gasteiger partial charge in [0.15, 0.2) is 11.2 Å². The molecule has 0 aliphatic carbocycles. The van der Waals surface area contributed by atoms with Gasteiger partial charge < -0.3 is 10.3 Å². The molecule has 0 bridgehead atoms. The quantitative estimate of drug-likeness (QED) is 0.248. The second-order valence-corrected chi connectivity index (χ2v) is 6.36. The van der Waals surface area contributed by atoms with E-state index in [0.29, 0.717) is 20.4 Å². The van der Waals surface area contributed by atoms with Crippen molar-refractivity contribution in [3.8, 4) is 0 Å². The van der Waals surface area contributed by atoms with Gasteiger partial charge in [-0.1, -0.05) is 0 Å². The van der Waals surface area contributed by atoms with E-state index < -0.39 is 4.92 Å². The third kappa shape index (κ3) is 3.55. The number of rotatable bonds is 1. The van der Waals surface area contributed by atoms with Crippen LogP contribution in [0.25, 0.3) is 11.2 Å². The molecule has 3 aromatic rings. The zero-order valence-electron chi connectivity index (χ0n) is 13.6. The molecule has 3 rings (SSSR count). The molecule has 10 nitrogen and oxygen atoms in total. The summed E-state index contributed by atoms with van der Waals surface area (Å²) in [5.74, 6) is 0. The van der Waals surface area contributed by atoms with Crippen molar-refractivity contribution in [2.24, 2.45) is 21.1 Å². The van der Waals surface area contributed by atoms with E-state index in [1.54, 1.807) is 30.8 Å². The molecule has 0 fully saturated rings. The molecule has 0 aliphatic heterocycles. The van der Waals surface area contributed by atoms with Gasteiger partial charge in [0.1, 0.15) is 0 Å². The van der Waals surface area contributed by atoms with Crippen molar-refractivity contribution in [2.45, 2.75) is 0 Å². The molecule has 0 saturated heterocycles. The lowest BCUT2D eigenvalue weighted by Crippen LogP contribution is -2.37. The lowest BCUT2D eigenvalue weighted by atomic mass is 10.3. The van der Waals surface area contributed by atoms with Crippen LogP contribution < -0.4 is 17.0 Å². The highest BCUT2D eigenvalue weighted by atomic mass is 127. The summed E-state index contributed by atoms with van der Waals surface area (Å²) in [5, 5.41) is 10.3. The van der Waals surface area contributed by atoms with E-state index in [4.69, 9.17) is 5.73 Å². The van der Waals surface area contributed by atoms with E-state index in [0.717, 1.165) is 4.57 Å². The third-order valence-electron chi connectivity index (χ3n) is 3.48. The molecule has 2 aromatic heterocycles. The SMILES string of the molecule is Cn1c(=O)c2c(ncn2C)n(C)c1=O.Nc1ccc(I)c([N+](=O)[O-])c1. The maximum atomic E-state index is 11.7. The van der Waals surface area contributed by atoms with Crippen molar-refractivity contribution in [1.29, 1.82) is 0 Å². The first-order valence-corrected chi connectivity index (χ1v) is 7.99. The van der Waals surface area contributed by atoms with Crippen LogP contribution in [0, 0.1) is 13.7 Å². The van der Waals surface area contributed by atoms with Crippen molar-refractivity contribution in [1.82, 2.24) is 18.7 Å². The average molecular weight is 458 g/mol. The summed E-state index contributed by atoms with van der Waals surface area (Å²) >= 11 is 1.90. The monoisotopic (exact) mass is 458 g/mol. The Morgan fingerprint density at radius 2 is 1.84 bits per heavy atom. The molecule has 2 heterocycles. The molecule has 0 aliphatic rings. The Hall–Kier alpha value is -2.70. The van der Waals surface area contributed by atoms with E-state index in [2.05, 4.69) is 4.98 Å². The van der Waals surface area contributed by atoms with Crippen LogP contribution in [-0.4, -0.2) is 23.6 Å². The zero-order chi connectivity index (χ0) is 18.9. The van der Waals surface area contributed by atoms with Gasteiger partial charge in [-0.2, -0.15) is 0 Å². The molecule has 1 aromatic carbocycles. The van der Waals surface area contributed by atoms with Crippen LogP contribution >= 0.6 is 22.6 Å². The van der Waals surface area contributed by atoms with E-state index in [9.17, 15) is 19.7 Å². The van der Waals surface area contributed by atoms with Gasteiger partial charge >= 0.3 is 5.69 Å². The van der Waals surface area contributed by atoms with Crippen molar-refractivity contribution < 1.29 is 4.92 Å². The number of fused-ring (bicyclic) bond motifs is 1. The summed E-state index contributed by atoms with van der Waals surface area (Å²) < 4.78 is 4.64. The fourth-order valence-corrected chi connectivity index (χ4v) is 2.67. The summed E-state index contributed by atoms with van der Waals surface area (Å²) in [6.07, 6.45) is 1.52. The van der Waals surface area contributed by atoms with Crippen molar-refractivity contribution in [3.05, 3.63) is 59.0 Å². The molecular formula is C14H15IN6O4. The number of nitrogen functional groups attached to an aromatic ring is 1. The Morgan fingerprint density at radius 1 is 1.20 bits per heavy atom. The second-order valence-electron chi connectivity index (χ2n) is 5.20. The fourth-order valence-electron chi connectivity index (χ4n) is 2.14. The fraction of sp³-hybridized carbons (Fsp3) is 0.214. The Bertz CT molecular complexity index is 1080. The molecule has 11 heteroatoms. The Labute approximate surface area is 154 Å². The number of anilines is 1. The van der Waals surface area contributed by atoms with Gasteiger partial charge in [0.05, 0.1) is 14.8 Å². The number of aromatic nitrogens is 4. The Morgan fingerprint density at radius 3 is 2.40 bits per heavy atom. The van der Waals surface area contributed by atoms with Crippen LogP contribution in [0.3, 0.4) is 0 Å². The van der Waals surface area contributed by atoms with Crippen molar-refractivity contribution >= 4 is 45.1 Å². The molecule has 0 radical (unpaired) electrons. The van der Waals surface area contributed by atoms with Gasteiger partial charge in [0, 0.05) is 32.9 Å². The molecule has 0 unspecified atom stereocenters. The first-order chi connectivity index (χ1) is 11.6. The van der Waals surface area contributed by atoms with Crippen molar-refractivity contribution in [3.63, 3.8) is 0 Å². The number of hydrogen-bond acceptors (Lipinski definition) is 6. The largest absolute Gasteiger partial charge is 0.399 e. The maximum absolute atomic E-state index is 11.7. The minimum atomic E-state index is -0.446. The number of imidazole rings is 1. The van der Waals surface area contributed by atoms with Gasteiger partial charge in [-0.15, -0.1) is 0 Å². The lowest BCUT2D eigenvalue weighted by Gasteiger charge is -2.02. The highest BCUT2D eigenvalue weighted by molar-refractivity contribution is 14.1. The molecule has 0 amide bonds. The van der Waals surface area contributed by atoms with Crippen LogP contribution in [0.5, 0.6) is 0 Å². The minimum Gasteiger partial charge on any atom is -0.399 e. The number of nitro benzene ring substituents is 1. The molecule has 0 atom stereocenters. The highest BCUT2D eigenvalue weighted by Crippen LogP contribution is 2.22. The van der Waals surface area contributed by atoms with E-state index in [-0.39, 0.29) is 16.9 Å². The number of nitro groups is 1. The topological polar surface area (TPSA) is 131 Å². The average Bonchev–Trinajstić information content (AvgIpc) is 2.95. The first kappa shape index (κ1) is 18.6. The van der Waals surface area contributed by atoms with Crippen molar-refractivity contribution in [2.75, 3.05) is 5.73 Å². The molecule has 132 valence electrons. The number of benzene rings is 1. The summed E-state index contributed by atoms with van der Waals surface area (Å²) in [5.41, 5.74) is 6.01. The van der Waals surface area contributed by atoms with Crippen LogP contribution in [0.1, 0.15) is 0 Å². The summed E-state index contributed by atoms with van der Waals surface area (Å²) in [4.78, 5) is 37.0. The number of hydrogen-bond donors (Lipinski definition) is 1. The smallest absolute Gasteiger partial charge is 0.332 e. The van der Waals surface area contributed by atoms with Gasteiger partial charge in [0.2, 0.25) is 0 Å². The van der Waals surface area contributed by atoms with E-state index in [1.807, 2.05) is 22.6 Å².